The Kier molecular flexibility index (Phi) is 2.35. The molecule has 0 aliphatic carbocycles. The summed E-state index contributed by atoms with van der Waals surface area (Å²) in [5, 5.41) is 11.0. The Hall–Kier alpha value is -3.08. The second-order valence-electron chi connectivity index (χ2n) is 4.96. The molecule has 0 fully saturated rings. The first-order chi connectivity index (χ1) is 10.2. The van der Waals surface area contributed by atoms with Gasteiger partial charge in [-0.15, -0.1) is 15.0 Å². The summed E-state index contributed by atoms with van der Waals surface area (Å²) in [7, 11) is 0. The highest BCUT2D eigenvalue weighted by Gasteiger charge is 2.09. The maximum atomic E-state index is 6.03. The molecule has 0 amide bonds. The van der Waals surface area contributed by atoms with Crippen molar-refractivity contribution in [1.82, 2.24) is 15.0 Å². The molecule has 4 N–H and O–H groups in total. The summed E-state index contributed by atoms with van der Waals surface area (Å²) in [5.74, 6) is 0. The van der Waals surface area contributed by atoms with Crippen molar-refractivity contribution in [3.8, 4) is 5.69 Å². The summed E-state index contributed by atoms with van der Waals surface area (Å²) in [4.78, 5) is 1.63. The van der Waals surface area contributed by atoms with E-state index in [1.165, 1.54) is 0 Å². The first-order valence-electron chi connectivity index (χ1n) is 6.62. The largest absolute Gasteiger partial charge is 0.399 e. The van der Waals surface area contributed by atoms with Gasteiger partial charge in [0.05, 0.1) is 5.69 Å². The predicted molar refractivity (Wildman–Crippen MR) is 85.2 cm³/mol. The van der Waals surface area contributed by atoms with Crippen LogP contribution in [0.1, 0.15) is 0 Å². The number of benzene rings is 3. The molecule has 102 valence electrons. The molecule has 5 heteroatoms. The van der Waals surface area contributed by atoms with Gasteiger partial charge in [0.2, 0.25) is 0 Å². The van der Waals surface area contributed by atoms with Gasteiger partial charge in [-0.1, -0.05) is 24.3 Å². The lowest BCUT2D eigenvalue weighted by Gasteiger charge is -2.07. The zero-order valence-corrected chi connectivity index (χ0v) is 11.2. The fourth-order valence-corrected chi connectivity index (χ4v) is 2.52. The molecule has 0 saturated heterocycles. The summed E-state index contributed by atoms with van der Waals surface area (Å²) < 4.78 is 0. The van der Waals surface area contributed by atoms with E-state index < -0.39 is 0 Å². The number of nitrogens with two attached hydrogens (primary N) is 2. The molecule has 0 aliphatic heterocycles. The average Bonchev–Trinajstić information content (AvgIpc) is 2.90. The zero-order chi connectivity index (χ0) is 14.4. The van der Waals surface area contributed by atoms with E-state index >= 15 is 0 Å². The van der Waals surface area contributed by atoms with E-state index in [0.717, 1.165) is 33.2 Å². The van der Waals surface area contributed by atoms with Gasteiger partial charge in [-0.3, -0.25) is 0 Å². The number of hydrogen-bond acceptors (Lipinski definition) is 4. The lowest BCUT2D eigenvalue weighted by atomic mass is 10.1. The Morgan fingerprint density at radius 1 is 0.762 bits per heavy atom. The minimum absolute atomic E-state index is 0.678. The van der Waals surface area contributed by atoms with Crippen LogP contribution < -0.4 is 11.5 Å². The molecule has 0 unspecified atom stereocenters. The Bertz CT molecular complexity index is 971. The van der Waals surface area contributed by atoms with Crippen LogP contribution in [-0.2, 0) is 0 Å². The molecule has 0 radical (unpaired) electrons. The first-order valence-corrected chi connectivity index (χ1v) is 6.62. The maximum Gasteiger partial charge on any atom is 0.115 e. The van der Waals surface area contributed by atoms with Gasteiger partial charge >= 0.3 is 0 Å². The third kappa shape index (κ3) is 1.79. The third-order valence-corrected chi connectivity index (χ3v) is 3.55. The molecule has 0 aliphatic rings. The summed E-state index contributed by atoms with van der Waals surface area (Å²) in [6.45, 7) is 0. The molecule has 0 saturated carbocycles. The second-order valence-corrected chi connectivity index (χ2v) is 4.96. The Balaban J connectivity index is 2.02. The summed E-state index contributed by atoms with van der Waals surface area (Å²) >= 11 is 0. The van der Waals surface area contributed by atoms with Crippen LogP contribution in [0.4, 0.5) is 11.4 Å². The SMILES string of the molecule is Nc1ccc2nn(-c3ccc(N)c4ccccc34)nc2c1. The normalized spacial score (nSPS) is 11.2. The highest BCUT2D eigenvalue weighted by molar-refractivity contribution is 5.98. The molecule has 1 heterocycles. The fraction of sp³-hybridized carbons (Fsp3) is 0. The lowest BCUT2D eigenvalue weighted by Crippen LogP contribution is -2.00. The van der Waals surface area contributed by atoms with Gasteiger partial charge in [0, 0.05) is 22.1 Å². The number of anilines is 2. The van der Waals surface area contributed by atoms with E-state index in [1.807, 2.05) is 54.6 Å². The molecule has 1 aromatic heterocycles. The van der Waals surface area contributed by atoms with Crippen LogP contribution in [0.15, 0.2) is 54.6 Å². The van der Waals surface area contributed by atoms with Crippen LogP contribution in [0.2, 0.25) is 0 Å². The number of nitrogen functional groups attached to an aromatic ring is 2. The smallest absolute Gasteiger partial charge is 0.115 e. The van der Waals surface area contributed by atoms with E-state index in [1.54, 1.807) is 4.80 Å². The third-order valence-electron chi connectivity index (χ3n) is 3.55. The molecule has 4 rings (SSSR count). The summed E-state index contributed by atoms with van der Waals surface area (Å²) in [6, 6.07) is 17.3. The van der Waals surface area contributed by atoms with Crippen molar-refractivity contribution in [2.24, 2.45) is 0 Å². The lowest BCUT2D eigenvalue weighted by molar-refractivity contribution is 0.771. The van der Waals surface area contributed by atoms with Gasteiger partial charge < -0.3 is 11.5 Å². The number of hydrogen-bond donors (Lipinski definition) is 2. The molecular formula is C16H13N5. The van der Waals surface area contributed by atoms with E-state index in [2.05, 4.69) is 10.2 Å². The van der Waals surface area contributed by atoms with E-state index in [0.29, 0.717) is 5.69 Å². The van der Waals surface area contributed by atoms with E-state index in [4.69, 9.17) is 11.5 Å². The predicted octanol–water partition coefficient (Wildman–Crippen LogP) is 2.74. The Labute approximate surface area is 120 Å². The molecule has 0 bridgehead atoms. The Morgan fingerprint density at radius 2 is 1.52 bits per heavy atom. The molecule has 0 spiro atoms. The van der Waals surface area contributed by atoms with Gasteiger partial charge in [-0.2, -0.15) is 0 Å². The number of rotatable bonds is 1. The van der Waals surface area contributed by atoms with Crippen molar-refractivity contribution in [3.05, 3.63) is 54.6 Å². The minimum Gasteiger partial charge on any atom is -0.399 e. The van der Waals surface area contributed by atoms with E-state index in [9.17, 15) is 0 Å². The van der Waals surface area contributed by atoms with Crippen LogP contribution in [0.5, 0.6) is 0 Å². The monoisotopic (exact) mass is 275 g/mol. The number of nitrogens with zero attached hydrogens (tertiary/aromatic N) is 3. The highest BCUT2D eigenvalue weighted by atomic mass is 15.5. The minimum atomic E-state index is 0.678. The quantitative estimate of drug-likeness (QED) is 0.523. The van der Waals surface area contributed by atoms with Crippen molar-refractivity contribution in [3.63, 3.8) is 0 Å². The van der Waals surface area contributed by atoms with Crippen LogP contribution in [0.25, 0.3) is 27.5 Å². The summed E-state index contributed by atoms with van der Waals surface area (Å²) in [6.07, 6.45) is 0. The van der Waals surface area contributed by atoms with Gasteiger partial charge in [0.1, 0.15) is 11.0 Å². The van der Waals surface area contributed by atoms with Crippen molar-refractivity contribution >= 4 is 33.2 Å². The number of aromatic nitrogens is 3. The number of fused-ring (bicyclic) bond motifs is 2. The van der Waals surface area contributed by atoms with Gasteiger partial charge in [0.15, 0.2) is 0 Å². The average molecular weight is 275 g/mol. The van der Waals surface area contributed by atoms with Crippen LogP contribution in [-0.4, -0.2) is 15.0 Å². The molecule has 21 heavy (non-hydrogen) atoms. The van der Waals surface area contributed by atoms with Crippen molar-refractivity contribution in [2.45, 2.75) is 0 Å². The van der Waals surface area contributed by atoms with Crippen LogP contribution >= 0.6 is 0 Å². The second kappa shape index (κ2) is 4.21. The zero-order valence-electron chi connectivity index (χ0n) is 11.2. The molecule has 3 aromatic carbocycles. The summed E-state index contributed by atoms with van der Waals surface area (Å²) in [5.41, 5.74) is 15.7. The van der Waals surface area contributed by atoms with Crippen molar-refractivity contribution in [1.29, 1.82) is 0 Å². The molecular weight excluding hydrogens is 262 g/mol. The standard InChI is InChI=1S/C16H13N5/c17-10-5-7-14-15(9-10)20-21(19-14)16-8-6-13(18)11-3-1-2-4-12(11)16/h1-9H,17-18H2. The van der Waals surface area contributed by atoms with Crippen LogP contribution in [0, 0.1) is 0 Å². The topological polar surface area (TPSA) is 82.8 Å². The highest BCUT2D eigenvalue weighted by Crippen LogP contribution is 2.27. The van der Waals surface area contributed by atoms with E-state index in [-0.39, 0.29) is 0 Å². The van der Waals surface area contributed by atoms with Gasteiger partial charge in [0.25, 0.3) is 0 Å². The maximum absolute atomic E-state index is 6.03. The van der Waals surface area contributed by atoms with Crippen molar-refractivity contribution in [2.75, 3.05) is 11.5 Å². The van der Waals surface area contributed by atoms with Gasteiger partial charge in [-0.05, 0) is 30.3 Å². The molecule has 5 nitrogen and oxygen atoms in total. The fourth-order valence-electron chi connectivity index (χ4n) is 2.52. The Morgan fingerprint density at radius 3 is 2.38 bits per heavy atom. The first kappa shape index (κ1) is 11.7. The van der Waals surface area contributed by atoms with Crippen LogP contribution in [0.3, 0.4) is 0 Å². The molecule has 4 aromatic rings. The van der Waals surface area contributed by atoms with Gasteiger partial charge in [-0.25, -0.2) is 0 Å². The van der Waals surface area contributed by atoms with Crippen molar-refractivity contribution < 1.29 is 0 Å². The molecule has 0 atom stereocenters.